The largest absolute Gasteiger partial charge is 0.345 e. The highest BCUT2D eigenvalue weighted by Crippen LogP contribution is 2.31. The Balaban J connectivity index is 2.14. The maximum atomic E-state index is 12.1. The van der Waals surface area contributed by atoms with Crippen LogP contribution in [0.3, 0.4) is 0 Å². The molecular formula is C14H13Cl2NO3S2. The van der Waals surface area contributed by atoms with Crippen molar-refractivity contribution in [2.24, 2.45) is 0 Å². The van der Waals surface area contributed by atoms with E-state index < -0.39 is 9.84 Å². The number of carbonyl (C=O) groups excluding carboxylic acids is 1. The van der Waals surface area contributed by atoms with Crippen LogP contribution in [0.25, 0.3) is 0 Å². The van der Waals surface area contributed by atoms with Gasteiger partial charge in [0.25, 0.3) is 5.91 Å². The highest BCUT2D eigenvalue weighted by Gasteiger charge is 2.17. The molecule has 1 atom stereocenters. The molecule has 0 bridgehead atoms. The van der Waals surface area contributed by atoms with Crippen LogP contribution in [-0.2, 0) is 9.84 Å². The molecule has 0 aliphatic rings. The number of carbonyl (C=O) groups is 1. The van der Waals surface area contributed by atoms with E-state index in [9.17, 15) is 13.2 Å². The van der Waals surface area contributed by atoms with Crippen LogP contribution in [0.15, 0.2) is 35.2 Å². The highest BCUT2D eigenvalue weighted by atomic mass is 35.5. The Morgan fingerprint density at radius 3 is 2.27 bits per heavy atom. The maximum absolute atomic E-state index is 12.1. The average molecular weight is 378 g/mol. The van der Waals surface area contributed by atoms with E-state index in [0.29, 0.717) is 14.2 Å². The molecule has 1 heterocycles. The van der Waals surface area contributed by atoms with Crippen LogP contribution in [0.1, 0.15) is 28.9 Å². The van der Waals surface area contributed by atoms with E-state index in [-0.39, 0.29) is 16.8 Å². The minimum absolute atomic E-state index is 0.238. The summed E-state index contributed by atoms with van der Waals surface area (Å²) in [6, 6.07) is 7.59. The molecule has 0 fully saturated rings. The summed E-state index contributed by atoms with van der Waals surface area (Å²) in [4.78, 5) is 12.4. The van der Waals surface area contributed by atoms with E-state index in [1.165, 1.54) is 18.2 Å². The molecule has 0 saturated carbocycles. The third-order valence-electron chi connectivity index (χ3n) is 3.06. The summed E-state index contributed by atoms with van der Waals surface area (Å²) in [6.07, 6.45) is 1.15. The number of thiophene rings is 1. The van der Waals surface area contributed by atoms with Crippen LogP contribution >= 0.6 is 34.5 Å². The van der Waals surface area contributed by atoms with Gasteiger partial charge in [0.1, 0.15) is 4.34 Å². The molecule has 118 valence electrons. The summed E-state index contributed by atoms with van der Waals surface area (Å²) in [5, 5.41) is 2.80. The fourth-order valence-corrected chi connectivity index (χ4v) is 3.95. The van der Waals surface area contributed by atoms with Crippen LogP contribution in [0.4, 0.5) is 0 Å². The summed E-state index contributed by atoms with van der Waals surface area (Å²) in [5.41, 5.74) is 1.12. The lowest BCUT2D eigenvalue weighted by Crippen LogP contribution is -2.26. The Morgan fingerprint density at radius 2 is 1.82 bits per heavy atom. The molecule has 1 amide bonds. The smallest absolute Gasteiger partial charge is 0.254 e. The number of rotatable bonds is 4. The fourth-order valence-electron chi connectivity index (χ4n) is 1.86. The second kappa shape index (κ2) is 6.58. The Morgan fingerprint density at radius 1 is 1.23 bits per heavy atom. The number of sulfone groups is 1. The van der Waals surface area contributed by atoms with Gasteiger partial charge in [-0.15, -0.1) is 11.3 Å². The van der Waals surface area contributed by atoms with Crippen molar-refractivity contribution in [2.45, 2.75) is 17.9 Å². The zero-order valence-corrected chi connectivity index (χ0v) is 14.9. The van der Waals surface area contributed by atoms with E-state index >= 15 is 0 Å². The molecule has 0 aliphatic heterocycles. The number of hydrogen-bond acceptors (Lipinski definition) is 4. The van der Waals surface area contributed by atoms with Gasteiger partial charge in [-0.2, -0.15) is 0 Å². The van der Waals surface area contributed by atoms with Crippen molar-refractivity contribution in [3.8, 4) is 0 Å². The Hall–Kier alpha value is -1.08. The molecule has 0 saturated heterocycles. The molecule has 0 radical (unpaired) electrons. The monoisotopic (exact) mass is 377 g/mol. The van der Waals surface area contributed by atoms with Crippen LogP contribution in [-0.4, -0.2) is 20.6 Å². The second-order valence-corrected chi connectivity index (χ2v) is 9.08. The molecule has 1 aromatic carbocycles. The molecule has 0 spiro atoms. The predicted octanol–water partition coefficient (Wildman–Crippen LogP) is 3.95. The first kappa shape index (κ1) is 17.3. The van der Waals surface area contributed by atoms with Gasteiger partial charge >= 0.3 is 0 Å². The van der Waals surface area contributed by atoms with Crippen LogP contribution in [0.5, 0.6) is 0 Å². The van der Waals surface area contributed by atoms with Crippen molar-refractivity contribution < 1.29 is 13.2 Å². The number of nitrogens with one attached hydrogen (secondary N) is 1. The SMILES string of the molecule is CC(NC(=O)c1cc(Cl)sc1Cl)c1ccc(S(C)(=O)=O)cc1. The third kappa shape index (κ3) is 4.01. The van der Waals surface area contributed by atoms with Gasteiger partial charge in [0.2, 0.25) is 0 Å². The first-order chi connectivity index (χ1) is 10.2. The van der Waals surface area contributed by atoms with Gasteiger partial charge in [-0.05, 0) is 30.7 Å². The summed E-state index contributed by atoms with van der Waals surface area (Å²) in [6.45, 7) is 1.80. The lowest BCUT2D eigenvalue weighted by atomic mass is 10.1. The zero-order chi connectivity index (χ0) is 16.5. The van der Waals surface area contributed by atoms with Gasteiger partial charge in [0.15, 0.2) is 9.84 Å². The minimum Gasteiger partial charge on any atom is -0.345 e. The van der Waals surface area contributed by atoms with Crippen LogP contribution in [0, 0.1) is 0 Å². The molecule has 2 aromatic rings. The van der Waals surface area contributed by atoms with Gasteiger partial charge < -0.3 is 5.32 Å². The maximum Gasteiger partial charge on any atom is 0.254 e. The van der Waals surface area contributed by atoms with E-state index in [1.807, 2.05) is 0 Å². The Bertz CT molecular complexity index is 798. The number of hydrogen-bond donors (Lipinski definition) is 1. The first-order valence-corrected chi connectivity index (χ1v) is 9.70. The molecule has 2 rings (SSSR count). The molecular weight excluding hydrogens is 365 g/mol. The summed E-state index contributed by atoms with van der Waals surface area (Å²) in [7, 11) is -3.23. The van der Waals surface area contributed by atoms with E-state index in [0.717, 1.165) is 23.2 Å². The molecule has 0 aliphatic carbocycles. The molecule has 1 N–H and O–H groups in total. The van der Waals surface area contributed by atoms with E-state index in [1.54, 1.807) is 19.1 Å². The van der Waals surface area contributed by atoms with E-state index in [2.05, 4.69) is 5.32 Å². The minimum atomic E-state index is -3.23. The van der Waals surface area contributed by atoms with Crippen molar-refractivity contribution in [1.82, 2.24) is 5.32 Å². The molecule has 22 heavy (non-hydrogen) atoms. The number of halogens is 2. The van der Waals surface area contributed by atoms with Gasteiger partial charge in [-0.3, -0.25) is 4.79 Å². The zero-order valence-electron chi connectivity index (χ0n) is 11.8. The quantitative estimate of drug-likeness (QED) is 0.876. The molecule has 4 nitrogen and oxygen atoms in total. The Kier molecular flexibility index (Phi) is 5.17. The highest BCUT2D eigenvalue weighted by molar-refractivity contribution is 7.90. The standard InChI is InChI=1S/C14H13Cl2NO3S2/c1-8(9-3-5-10(6-4-9)22(2,19)20)17-14(18)11-7-12(15)21-13(11)16/h3-8H,1-2H3,(H,17,18). The molecule has 8 heteroatoms. The summed E-state index contributed by atoms with van der Waals surface area (Å²) >= 11 is 12.9. The fraction of sp³-hybridized carbons (Fsp3) is 0.214. The van der Waals surface area contributed by atoms with Gasteiger partial charge in [0, 0.05) is 6.26 Å². The van der Waals surface area contributed by atoms with Gasteiger partial charge in [-0.25, -0.2) is 8.42 Å². The number of amides is 1. The van der Waals surface area contributed by atoms with Crippen LogP contribution in [0.2, 0.25) is 8.67 Å². The van der Waals surface area contributed by atoms with Crippen molar-refractivity contribution >= 4 is 50.3 Å². The Labute approximate surface area is 143 Å². The average Bonchev–Trinajstić information content (AvgIpc) is 2.77. The lowest BCUT2D eigenvalue weighted by Gasteiger charge is -2.14. The van der Waals surface area contributed by atoms with Gasteiger partial charge in [0.05, 0.1) is 20.8 Å². The second-order valence-electron chi connectivity index (χ2n) is 4.77. The third-order valence-corrected chi connectivity index (χ3v) is 5.67. The van der Waals surface area contributed by atoms with Crippen molar-refractivity contribution in [1.29, 1.82) is 0 Å². The van der Waals surface area contributed by atoms with Crippen LogP contribution < -0.4 is 5.32 Å². The summed E-state index contributed by atoms with van der Waals surface area (Å²) < 4.78 is 23.6. The van der Waals surface area contributed by atoms with Crippen molar-refractivity contribution in [2.75, 3.05) is 6.26 Å². The van der Waals surface area contributed by atoms with E-state index in [4.69, 9.17) is 23.2 Å². The normalized spacial score (nSPS) is 12.9. The lowest BCUT2D eigenvalue weighted by molar-refractivity contribution is 0.0940. The van der Waals surface area contributed by atoms with Crippen molar-refractivity contribution in [3.05, 3.63) is 50.1 Å². The van der Waals surface area contributed by atoms with Gasteiger partial charge in [-0.1, -0.05) is 35.3 Å². The first-order valence-electron chi connectivity index (χ1n) is 6.24. The summed E-state index contributed by atoms with van der Waals surface area (Å²) in [5.74, 6) is -0.326. The predicted molar refractivity (Wildman–Crippen MR) is 89.8 cm³/mol. The topological polar surface area (TPSA) is 63.2 Å². The van der Waals surface area contributed by atoms with Crippen molar-refractivity contribution in [3.63, 3.8) is 0 Å². The molecule has 1 aromatic heterocycles. The number of benzene rings is 1. The molecule has 1 unspecified atom stereocenters.